The lowest BCUT2D eigenvalue weighted by molar-refractivity contribution is -0.239. The van der Waals surface area contributed by atoms with Crippen LogP contribution >= 0.6 is 0 Å². The Kier molecular flexibility index (Phi) is 2.80. The topological polar surface area (TPSA) is 90.2 Å². The zero-order valence-electron chi connectivity index (χ0n) is 5.92. The molecular formula is C6H12O5. The van der Waals surface area contributed by atoms with Crippen molar-refractivity contribution < 1.29 is 25.2 Å². The smallest absolute Gasteiger partial charge is 0.157 e. The summed E-state index contributed by atoms with van der Waals surface area (Å²) in [6.45, 7) is -0.407. The zero-order valence-corrected chi connectivity index (χ0v) is 5.92. The van der Waals surface area contributed by atoms with Gasteiger partial charge in [0, 0.05) is 6.42 Å². The number of rotatable bonds is 1. The van der Waals surface area contributed by atoms with Crippen LogP contribution in [0, 0.1) is 0 Å². The molecule has 1 saturated heterocycles. The molecule has 0 spiro atoms. The highest BCUT2D eigenvalue weighted by Crippen LogP contribution is 2.18. The van der Waals surface area contributed by atoms with E-state index in [1.54, 1.807) is 0 Å². The molecule has 1 unspecified atom stereocenters. The summed E-state index contributed by atoms with van der Waals surface area (Å²) >= 11 is 0. The van der Waals surface area contributed by atoms with Crippen LogP contribution < -0.4 is 0 Å². The number of hydrogen-bond donors (Lipinski definition) is 4. The van der Waals surface area contributed by atoms with Crippen LogP contribution in [-0.4, -0.2) is 51.6 Å². The Labute approximate surface area is 63.8 Å². The van der Waals surface area contributed by atoms with Crippen LogP contribution in [-0.2, 0) is 4.74 Å². The molecule has 0 bridgehead atoms. The fraction of sp³-hybridized carbons (Fsp3) is 1.00. The van der Waals surface area contributed by atoms with Crippen molar-refractivity contribution in [3.63, 3.8) is 0 Å². The highest BCUT2D eigenvalue weighted by atomic mass is 16.6. The highest BCUT2D eigenvalue weighted by molar-refractivity contribution is 4.81. The van der Waals surface area contributed by atoms with Crippen LogP contribution in [0.15, 0.2) is 0 Å². The predicted molar refractivity (Wildman–Crippen MR) is 34.6 cm³/mol. The Morgan fingerprint density at radius 3 is 2.45 bits per heavy atom. The number of hydrogen-bond acceptors (Lipinski definition) is 5. The van der Waals surface area contributed by atoms with Gasteiger partial charge in [-0.05, 0) is 0 Å². The van der Waals surface area contributed by atoms with Crippen molar-refractivity contribution in [3.8, 4) is 0 Å². The van der Waals surface area contributed by atoms with E-state index >= 15 is 0 Å². The number of ether oxygens (including phenoxy) is 1. The quantitative estimate of drug-likeness (QED) is 0.352. The molecular weight excluding hydrogens is 151 g/mol. The molecule has 5 heteroatoms. The van der Waals surface area contributed by atoms with Gasteiger partial charge < -0.3 is 25.2 Å². The van der Waals surface area contributed by atoms with Crippen molar-refractivity contribution in [2.24, 2.45) is 0 Å². The molecule has 5 nitrogen and oxygen atoms in total. The van der Waals surface area contributed by atoms with E-state index < -0.39 is 31.2 Å². The summed E-state index contributed by atoms with van der Waals surface area (Å²) in [7, 11) is 0. The van der Waals surface area contributed by atoms with E-state index in [0.717, 1.165) is 0 Å². The predicted octanol–water partition coefficient (Wildman–Crippen LogP) is -2.19. The Hall–Kier alpha value is -0.200. The summed E-state index contributed by atoms with van der Waals surface area (Å²) in [4.78, 5) is 0. The van der Waals surface area contributed by atoms with Gasteiger partial charge in [0.05, 0.1) is 12.7 Å². The van der Waals surface area contributed by atoms with Crippen molar-refractivity contribution in [3.05, 3.63) is 0 Å². The molecule has 4 atom stereocenters. The molecule has 0 radical (unpaired) electrons. The second-order valence-electron chi connectivity index (χ2n) is 2.61. The van der Waals surface area contributed by atoms with Gasteiger partial charge in [-0.15, -0.1) is 0 Å². The second-order valence-corrected chi connectivity index (χ2v) is 2.61. The minimum atomic E-state index is -1.11. The third kappa shape index (κ3) is 1.88. The van der Waals surface area contributed by atoms with Crippen LogP contribution in [0.5, 0.6) is 0 Å². The van der Waals surface area contributed by atoms with Gasteiger partial charge in [0.1, 0.15) is 12.2 Å². The van der Waals surface area contributed by atoms with Gasteiger partial charge in [-0.25, -0.2) is 0 Å². The van der Waals surface area contributed by atoms with Gasteiger partial charge in [0.25, 0.3) is 0 Å². The third-order valence-electron chi connectivity index (χ3n) is 1.73. The Morgan fingerprint density at radius 2 is 1.91 bits per heavy atom. The van der Waals surface area contributed by atoms with E-state index in [4.69, 9.17) is 25.2 Å². The molecule has 0 saturated carbocycles. The fourth-order valence-electron chi connectivity index (χ4n) is 1.08. The second kappa shape index (κ2) is 3.46. The third-order valence-corrected chi connectivity index (χ3v) is 1.73. The minimum absolute atomic E-state index is 0.0162. The molecule has 0 aromatic heterocycles. The van der Waals surface area contributed by atoms with E-state index in [1.165, 1.54) is 0 Å². The molecule has 0 aromatic carbocycles. The molecule has 0 aromatic rings. The van der Waals surface area contributed by atoms with Gasteiger partial charge in [0.2, 0.25) is 0 Å². The number of aliphatic hydroxyl groups is 4. The average Bonchev–Trinajstić information content (AvgIpc) is 1.96. The van der Waals surface area contributed by atoms with Gasteiger partial charge in [-0.3, -0.25) is 0 Å². The molecule has 1 aliphatic rings. The largest absolute Gasteiger partial charge is 0.394 e. The Bertz CT molecular complexity index is 128. The summed E-state index contributed by atoms with van der Waals surface area (Å²) in [6.07, 6.45) is -4.11. The van der Waals surface area contributed by atoms with Crippen LogP contribution in [0.4, 0.5) is 0 Å². The Morgan fingerprint density at radius 1 is 1.27 bits per heavy atom. The summed E-state index contributed by atoms with van der Waals surface area (Å²) in [5, 5.41) is 35.6. The molecule has 11 heavy (non-hydrogen) atoms. The molecule has 1 aliphatic heterocycles. The van der Waals surface area contributed by atoms with E-state index in [9.17, 15) is 0 Å². The molecule has 0 amide bonds. The maximum atomic E-state index is 9.11. The van der Waals surface area contributed by atoms with Crippen molar-refractivity contribution in [2.45, 2.75) is 31.0 Å². The maximum absolute atomic E-state index is 9.11. The van der Waals surface area contributed by atoms with Gasteiger partial charge in [-0.2, -0.15) is 0 Å². The van der Waals surface area contributed by atoms with Gasteiger partial charge in [-0.1, -0.05) is 0 Å². The Balaban J connectivity index is 2.51. The summed E-state index contributed by atoms with van der Waals surface area (Å²) in [5.74, 6) is 0. The lowest BCUT2D eigenvalue weighted by Gasteiger charge is -2.33. The molecule has 66 valence electrons. The SMILES string of the molecule is OC1C[C@@H](O)[C@H](O)[C@@H](C[15OH])O1. The monoisotopic (exact) mass is 163 g/mol. The van der Waals surface area contributed by atoms with Crippen molar-refractivity contribution >= 4 is 0 Å². The van der Waals surface area contributed by atoms with Crippen molar-refractivity contribution in [1.82, 2.24) is 0 Å². The molecule has 1 fully saturated rings. The molecule has 1 heterocycles. The van der Waals surface area contributed by atoms with Crippen LogP contribution in [0.25, 0.3) is 0 Å². The zero-order chi connectivity index (χ0) is 8.43. The average molecular weight is 163 g/mol. The van der Waals surface area contributed by atoms with Crippen LogP contribution in [0.2, 0.25) is 0 Å². The van der Waals surface area contributed by atoms with Crippen molar-refractivity contribution in [1.29, 1.82) is 0 Å². The minimum Gasteiger partial charge on any atom is -0.394 e. The van der Waals surface area contributed by atoms with E-state index in [1.807, 2.05) is 0 Å². The fourth-order valence-corrected chi connectivity index (χ4v) is 1.08. The van der Waals surface area contributed by atoms with Crippen LogP contribution in [0.3, 0.4) is 0 Å². The van der Waals surface area contributed by atoms with Crippen LogP contribution in [0.1, 0.15) is 6.42 Å². The van der Waals surface area contributed by atoms with Gasteiger partial charge >= 0.3 is 0 Å². The lowest BCUT2D eigenvalue weighted by atomic mass is 10.0. The molecule has 0 aliphatic carbocycles. The first-order valence-corrected chi connectivity index (χ1v) is 3.45. The molecule has 1 rings (SSSR count). The lowest BCUT2D eigenvalue weighted by Crippen LogP contribution is -2.49. The first-order valence-electron chi connectivity index (χ1n) is 3.45. The van der Waals surface area contributed by atoms with Crippen molar-refractivity contribution in [2.75, 3.05) is 6.61 Å². The number of aliphatic hydroxyl groups excluding tert-OH is 4. The summed E-state index contributed by atoms with van der Waals surface area (Å²) in [5.41, 5.74) is 0. The van der Waals surface area contributed by atoms with E-state index in [2.05, 4.69) is 0 Å². The van der Waals surface area contributed by atoms with E-state index in [-0.39, 0.29) is 6.42 Å². The maximum Gasteiger partial charge on any atom is 0.157 e. The highest BCUT2D eigenvalue weighted by Gasteiger charge is 2.35. The summed E-state index contributed by atoms with van der Waals surface area (Å²) in [6, 6.07) is 0. The molecule has 4 N–H and O–H groups in total. The summed E-state index contributed by atoms with van der Waals surface area (Å²) < 4.78 is 4.71. The first-order chi connectivity index (χ1) is 5.15. The normalized spacial score (nSPS) is 45.8. The van der Waals surface area contributed by atoms with E-state index in [0.29, 0.717) is 0 Å². The standard InChI is InChI=1S/C6H12O5/c7-2-4-6(10)3(8)1-5(9)11-4/h3-10H,1-2H2/t3-,4-,5?,6+/m1/s1/i7-1. The van der Waals surface area contributed by atoms with Gasteiger partial charge in [0.15, 0.2) is 6.29 Å². The first kappa shape index (κ1) is 8.89.